The monoisotopic (exact) mass is 441 g/mol. The number of anilines is 1. The number of ether oxygens (including phenoxy) is 1. The van der Waals surface area contributed by atoms with E-state index in [0.717, 1.165) is 11.1 Å². The number of rotatable bonds is 8. The van der Waals surface area contributed by atoms with Gasteiger partial charge in [0.25, 0.3) is 5.91 Å². The first-order chi connectivity index (χ1) is 16.0. The maximum Gasteiger partial charge on any atom is 0.294 e. The number of hydrogen-bond donors (Lipinski definition) is 1. The van der Waals surface area contributed by atoms with Gasteiger partial charge in [0.15, 0.2) is 11.5 Å². The molecule has 168 valence electrons. The van der Waals surface area contributed by atoms with Gasteiger partial charge in [-0.1, -0.05) is 60.7 Å². The first-order valence-corrected chi connectivity index (χ1v) is 11.1. The number of carbonyl (C=O) groups is 2. The number of hydrogen-bond acceptors (Lipinski definition) is 4. The molecule has 0 saturated heterocycles. The highest BCUT2D eigenvalue weighted by Gasteiger charge is 2.44. The van der Waals surface area contributed by atoms with Crippen molar-refractivity contribution in [3.63, 3.8) is 0 Å². The molecule has 0 bridgehead atoms. The van der Waals surface area contributed by atoms with E-state index in [-0.39, 0.29) is 23.9 Å². The lowest BCUT2D eigenvalue weighted by Crippen LogP contribution is -2.31. The number of ketones is 1. The highest BCUT2D eigenvalue weighted by Crippen LogP contribution is 2.41. The molecule has 1 amide bonds. The Morgan fingerprint density at radius 1 is 0.939 bits per heavy atom. The van der Waals surface area contributed by atoms with Crippen molar-refractivity contribution in [2.45, 2.75) is 38.8 Å². The van der Waals surface area contributed by atoms with E-state index < -0.39 is 17.7 Å². The predicted molar refractivity (Wildman–Crippen MR) is 128 cm³/mol. The van der Waals surface area contributed by atoms with Crippen LogP contribution in [-0.4, -0.2) is 22.9 Å². The zero-order valence-corrected chi connectivity index (χ0v) is 18.8. The minimum absolute atomic E-state index is 0.0286. The second-order valence-corrected chi connectivity index (χ2v) is 8.32. The SMILES string of the molecule is CC(C)Oc1ccc(N2C(=O)C(O)=C(C(=O)CCc3ccccc3)C2c2ccccc2)cc1. The van der Waals surface area contributed by atoms with Gasteiger partial charge in [-0.2, -0.15) is 0 Å². The third-order valence-electron chi connectivity index (χ3n) is 5.59. The highest BCUT2D eigenvalue weighted by molar-refractivity contribution is 6.16. The zero-order chi connectivity index (χ0) is 23.4. The second-order valence-electron chi connectivity index (χ2n) is 8.32. The Bertz CT molecular complexity index is 1150. The summed E-state index contributed by atoms with van der Waals surface area (Å²) in [5.74, 6) is -0.609. The summed E-state index contributed by atoms with van der Waals surface area (Å²) in [5.41, 5.74) is 2.52. The Morgan fingerprint density at radius 3 is 2.15 bits per heavy atom. The van der Waals surface area contributed by atoms with Crippen molar-refractivity contribution < 1.29 is 19.4 Å². The van der Waals surface area contributed by atoms with Gasteiger partial charge in [-0.15, -0.1) is 0 Å². The Labute approximate surface area is 193 Å². The summed E-state index contributed by atoms with van der Waals surface area (Å²) in [5, 5.41) is 10.8. The number of benzene rings is 3. The van der Waals surface area contributed by atoms with Crippen LogP contribution in [0.1, 0.15) is 37.4 Å². The molecule has 0 radical (unpaired) electrons. The third-order valence-corrected chi connectivity index (χ3v) is 5.59. The number of aliphatic hydroxyl groups excluding tert-OH is 1. The van der Waals surface area contributed by atoms with Gasteiger partial charge in [0.2, 0.25) is 0 Å². The lowest BCUT2D eigenvalue weighted by atomic mass is 9.93. The van der Waals surface area contributed by atoms with Gasteiger partial charge in [-0.05, 0) is 55.7 Å². The maximum atomic E-state index is 13.3. The van der Waals surface area contributed by atoms with Crippen molar-refractivity contribution >= 4 is 17.4 Å². The lowest BCUT2D eigenvalue weighted by Gasteiger charge is -2.27. The Kier molecular flexibility index (Phi) is 6.59. The van der Waals surface area contributed by atoms with Gasteiger partial charge in [0.1, 0.15) is 5.75 Å². The summed E-state index contributed by atoms with van der Waals surface area (Å²) in [6, 6.07) is 25.5. The van der Waals surface area contributed by atoms with Gasteiger partial charge in [-0.25, -0.2) is 0 Å². The topological polar surface area (TPSA) is 66.8 Å². The molecule has 1 atom stereocenters. The standard InChI is InChI=1S/C28H27NO4/c1-19(2)33-23-16-14-22(15-17-23)29-26(21-11-7-4-8-12-21)25(27(31)28(29)32)24(30)18-13-20-9-5-3-6-10-20/h3-12,14-17,19,26,31H,13,18H2,1-2H3. The molecular formula is C28H27NO4. The highest BCUT2D eigenvalue weighted by atomic mass is 16.5. The number of aliphatic hydroxyl groups is 1. The van der Waals surface area contributed by atoms with Crippen molar-refractivity contribution in [2.75, 3.05) is 4.90 Å². The van der Waals surface area contributed by atoms with E-state index in [4.69, 9.17) is 4.74 Å². The normalized spacial score (nSPS) is 15.9. The smallest absolute Gasteiger partial charge is 0.294 e. The zero-order valence-electron chi connectivity index (χ0n) is 18.8. The number of nitrogens with zero attached hydrogens (tertiary/aromatic N) is 1. The fourth-order valence-corrected chi connectivity index (χ4v) is 4.10. The summed E-state index contributed by atoms with van der Waals surface area (Å²) in [6.45, 7) is 3.89. The van der Waals surface area contributed by atoms with E-state index in [9.17, 15) is 14.7 Å². The minimum atomic E-state index is -0.696. The van der Waals surface area contributed by atoms with Gasteiger partial charge < -0.3 is 9.84 Å². The van der Waals surface area contributed by atoms with Gasteiger partial charge in [-0.3, -0.25) is 14.5 Å². The molecule has 5 nitrogen and oxygen atoms in total. The molecular weight excluding hydrogens is 414 g/mol. The molecule has 0 aliphatic carbocycles. The van der Waals surface area contributed by atoms with Crippen LogP contribution in [0.5, 0.6) is 5.75 Å². The summed E-state index contributed by atoms with van der Waals surface area (Å²) >= 11 is 0. The molecule has 1 N–H and O–H groups in total. The van der Waals surface area contributed by atoms with Crippen LogP contribution in [0.4, 0.5) is 5.69 Å². The molecule has 33 heavy (non-hydrogen) atoms. The Balaban J connectivity index is 1.67. The van der Waals surface area contributed by atoms with E-state index in [1.165, 1.54) is 4.90 Å². The van der Waals surface area contributed by atoms with Crippen LogP contribution in [0.25, 0.3) is 0 Å². The van der Waals surface area contributed by atoms with E-state index in [2.05, 4.69) is 0 Å². The van der Waals surface area contributed by atoms with Crippen LogP contribution >= 0.6 is 0 Å². The minimum Gasteiger partial charge on any atom is -0.503 e. The number of amides is 1. The van der Waals surface area contributed by atoms with Crippen molar-refractivity contribution in [1.29, 1.82) is 0 Å². The first kappa shape index (κ1) is 22.3. The van der Waals surface area contributed by atoms with Crippen LogP contribution in [0, 0.1) is 0 Å². The Hall–Kier alpha value is -3.86. The molecule has 0 saturated carbocycles. The van der Waals surface area contributed by atoms with Crippen molar-refractivity contribution in [3.8, 4) is 5.75 Å². The van der Waals surface area contributed by atoms with Crippen molar-refractivity contribution in [3.05, 3.63) is 107 Å². The largest absolute Gasteiger partial charge is 0.503 e. The van der Waals surface area contributed by atoms with Crippen LogP contribution in [0.3, 0.4) is 0 Å². The fourth-order valence-electron chi connectivity index (χ4n) is 4.10. The van der Waals surface area contributed by atoms with Crippen molar-refractivity contribution in [2.24, 2.45) is 0 Å². The van der Waals surface area contributed by atoms with Crippen LogP contribution < -0.4 is 9.64 Å². The molecule has 0 fully saturated rings. The Morgan fingerprint density at radius 2 is 1.55 bits per heavy atom. The number of aryl methyl sites for hydroxylation is 1. The van der Waals surface area contributed by atoms with E-state index in [1.807, 2.05) is 74.5 Å². The number of Topliss-reactive ketones (excluding diaryl/α,β-unsaturated/α-hetero) is 1. The summed E-state index contributed by atoms with van der Waals surface area (Å²) in [4.78, 5) is 28.0. The van der Waals surface area contributed by atoms with Crippen LogP contribution in [0.15, 0.2) is 96.3 Å². The molecule has 5 heteroatoms. The molecule has 1 unspecified atom stereocenters. The summed E-state index contributed by atoms with van der Waals surface area (Å²) in [6.07, 6.45) is 0.767. The lowest BCUT2D eigenvalue weighted by molar-refractivity contribution is -0.118. The van der Waals surface area contributed by atoms with Crippen LogP contribution in [0.2, 0.25) is 0 Å². The molecule has 1 aliphatic heterocycles. The third kappa shape index (κ3) is 4.82. The van der Waals surface area contributed by atoms with Crippen LogP contribution in [-0.2, 0) is 16.0 Å². The molecule has 3 aromatic rings. The first-order valence-electron chi connectivity index (χ1n) is 11.1. The average molecular weight is 442 g/mol. The van der Waals surface area contributed by atoms with Crippen molar-refractivity contribution in [1.82, 2.24) is 0 Å². The second kappa shape index (κ2) is 9.74. The average Bonchev–Trinajstić information content (AvgIpc) is 3.09. The molecule has 1 aliphatic rings. The van der Waals surface area contributed by atoms with E-state index >= 15 is 0 Å². The predicted octanol–water partition coefficient (Wildman–Crippen LogP) is 5.58. The number of carbonyl (C=O) groups excluding carboxylic acids is 2. The molecule has 0 spiro atoms. The van der Waals surface area contributed by atoms with Gasteiger partial charge >= 0.3 is 0 Å². The van der Waals surface area contributed by atoms with E-state index in [0.29, 0.717) is 17.9 Å². The molecule has 4 rings (SSSR count). The summed E-state index contributed by atoms with van der Waals surface area (Å²) < 4.78 is 5.71. The summed E-state index contributed by atoms with van der Waals surface area (Å²) in [7, 11) is 0. The van der Waals surface area contributed by atoms with Gasteiger partial charge in [0, 0.05) is 12.1 Å². The molecule has 3 aromatic carbocycles. The molecule has 1 heterocycles. The molecule has 0 aromatic heterocycles. The van der Waals surface area contributed by atoms with Gasteiger partial charge in [0.05, 0.1) is 17.7 Å². The fraction of sp³-hybridized carbons (Fsp3) is 0.214. The quantitative estimate of drug-likeness (QED) is 0.496. The van der Waals surface area contributed by atoms with E-state index in [1.54, 1.807) is 24.3 Å². The maximum absolute atomic E-state index is 13.3.